The number of allylic oxidation sites excluding steroid dienone is 1. The molecular formula is C32H37N3OS2. The van der Waals surface area contributed by atoms with Crippen molar-refractivity contribution in [3.8, 4) is 21.9 Å². The summed E-state index contributed by atoms with van der Waals surface area (Å²) in [6.45, 7) is 17.3. The highest BCUT2D eigenvalue weighted by atomic mass is 32.1. The van der Waals surface area contributed by atoms with E-state index in [0.29, 0.717) is 11.1 Å². The largest absolute Gasteiger partial charge is 0.374 e. The van der Waals surface area contributed by atoms with Crippen molar-refractivity contribution in [3.05, 3.63) is 63.5 Å². The zero-order valence-electron chi connectivity index (χ0n) is 23.7. The first-order chi connectivity index (χ1) is 17.7. The zero-order chi connectivity index (χ0) is 27.9. The Morgan fingerprint density at radius 3 is 2.24 bits per heavy atom. The second kappa shape index (κ2) is 10.3. The highest BCUT2D eigenvalue weighted by molar-refractivity contribution is 7.25. The van der Waals surface area contributed by atoms with E-state index in [1.165, 1.54) is 25.9 Å². The summed E-state index contributed by atoms with van der Waals surface area (Å²) in [7, 11) is 2.16. The molecule has 3 aromatic rings. The van der Waals surface area contributed by atoms with E-state index in [-0.39, 0.29) is 16.4 Å². The number of nitrogens with zero attached hydrogens (tertiary/aromatic N) is 3. The third kappa shape index (κ3) is 5.89. The second-order valence-corrected chi connectivity index (χ2v) is 14.6. The van der Waals surface area contributed by atoms with Crippen LogP contribution in [0.15, 0.2) is 36.4 Å². The second-order valence-electron chi connectivity index (χ2n) is 12.5. The average Bonchev–Trinajstić information content (AvgIpc) is 3.50. The van der Waals surface area contributed by atoms with Crippen LogP contribution < -0.4 is 4.90 Å². The van der Waals surface area contributed by atoms with Crippen LogP contribution in [0.25, 0.3) is 21.4 Å². The van der Waals surface area contributed by atoms with Gasteiger partial charge in [0.15, 0.2) is 0 Å². The van der Waals surface area contributed by atoms with Gasteiger partial charge in [0, 0.05) is 35.4 Å². The summed E-state index contributed by atoms with van der Waals surface area (Å²) in [5, 5.41) is 20.2. The van der Waals surface area contributed by atoms with Gasteiger partial charge in [-0.1, -0.05) is 46.8 Å². The highest BCUT2D eigenvalue weighted by Gasteiger charge is 2.40. The lowest BCUT2D eigenvalue weighted by Gasteiger charge is -2.32. The number of nitriles is 2. The lowest BCUT2D eigenvalue weighted by Crippen LogP contribution is -2.39. The minimum Gasteiger partial charge on any atom is -0.374 e. The molecule has 0 atom stereocenters. The average molecular weight is 544 g/mol. The van der Waals surface area contributed by atoms with Gasteiger partial charge in [-0.15, -0.1) is 22.7 Å². The van der Waals surface area contributed by atoms with Gasteiger partial charge in [-0.05, 0) is 72.7 Å². The van der Waals surface area contributed by atoms with Crippen molar-refractivity contribution >= 4 is 39.3 Å². The predicted molar refractivity (Wildman–Crippen MR) is 162 cm³/mol. The van der Waals surface area contributed by atoms with E-state index in [0.717, 1.165) is 30.0 Å². The van der Waals surface area contributed by atoms with Gasteiger partial charge in [0.1, 0.15) is 0 Å². The molecule has 1 aliphatic carbocycles. The lowest BCUT2D eigenvalue weighted by atomic mass is 9.84. The summed E-state index contributed by atoms with van der Waals surface area (Å²) in [5.41, 5.74) is 4.66. The number of hydrogen-bond acceptors (Lipinski definition) is 6. The third-order valence-corrected chi connectivity index (χ3v) is 9.59. The Balaban J connectivity index is 1.57. The number of benzene rings is 1. The molecule has 0 saturated heterocycles. The Labute approximate surface area is 235 Å². The lowest BCUT2D eigenvalue weighted by molar-refractivity contribution is -0.0212. The molecule has 2 aromatic heterocycles. The van der Waals surface area contributed by atoms with Gasteiger partial charge in [-0.3, -0.25) is 0 Å². The molecule has 0 amide bonds. The van der Waals surface area contributed by atoms with Crippen molar-refractivity contribution in [2.75, 3.05) is 25.1 Å². The molecule has 0 N–H and O–H groups in total. The molecule has 198 valence electrons. The van der Waals surface area contributed by atoms with E-state index in [2.05, 4.69) is 84.7 Å². The fourth-order valence-corrected chi connectivity index (χ4v) is 7.53. The van der Waals surface area contributed by atoms with Crippen molar-refractivity contribution in [3.63, 3.8) is 0 Å². The summed E-state index contributed by atoms with van der Waals surface area (Å²) < 4.78 is 6.29. The molecule has 0 aliphatic heterocycles. The van der Waals surface area contributed by atoms with Gasteiger partial charge in [0.25, 0.3) is 0 Å². The van der Waals surface area contributed by atoms with Crippen LogP contribution in [0.1, 0.15) is 82.0 Å². The van der Waals surface area contributed by atoms with E-state index < -0.39 is 0 Å². The molecule has 0 bridgehead atoms. The van der Waals surface area contributed by atoms with Crippen molar-refractivity contribution < 1.29 is 4.74 Å². The minimum absolute atomic E-state index is 0.0944. The van der Waals surface area contributed by atoms with E-state index in [9.17, 15) is 5.26 Å². The molecule has 1 aliphatic rings. The zero-order valence-corrected chi connectivity index (χ0v) is 25.4. The molecule has 38 heavy (non-hydrogen) atoms. The Bertz CT molecular complexity index is 1430. The molecule has 0 radical (unpaired) electrons. The first-order valence-corrected chi connectivity index (χ1v) is 14.6. The number of likely N-dealkylation sites (N-methyl/N-ethyl adjacent to an activating group) is 1. The van der Waals surface area contributed by atoms with Crippen LogP contribution in [-0.2, 0) is 10.2 Å². The van der Waals surface area contributed by atoms with E-state index in [4.69, 9.17) is 10.00 Å². The number of thiophene rings is 2. The Kier molecular flexibility index (Phi) is 7.65. The first-order valence-electron chi connectivity index (χ1n) is 13.0. The van der Waals surface area contributed by atoms with Gasteiger partial charge < -0.3 is 9.64 Å². The fourth-order valence-electron chi connectivity index (χ4n) is 4.83. The van der Waals surface area contributed by atoms with Crippen LogP contribution in [0.4, 0.5) is 5.00 Å². The Morgan fingerprint density at radius 1 is 1.00 bits per heavy atom. The van der Waals surface area contributed by atoms with E-state index in [1.807, 2.05) is 29.5 Å². The van der Waals surface area contributed by atoms with Crippen LogP contribution in [0.5, 0.6) is 0 Å². The summed E-state index contributed by atoms with van der Waals surface area (Å²) in [4.78, 5) is 6.04. The molecule has 4 rings (SSSR count). The van der Waals surface area contributed by atoms with Crippen LogP contribution >= 0.6 is 22.7 Å². The predicted octanol–water partition coefficient (Wildman–Crippen LogP) is 8.72. The minimum atomic E-state index is -0.241. The first kappa shape index (κ1) is 28.1. The van der Waals surface area contributed by atoms with Crippen LogP contribution in [-0.4, -0.2) is 25.8 Å². The Morgan fingerprint density at radius 2 is 1.63 bits per heavy atom. The van der Waals surface area contributed by atoms with Gasteiger partial charge >= 0.3 is 0 Å². The van der Waals surface area contributed by atoms with Crippen LogP contribution in [0, 0.1) is 28.1 Å². The number of rotatable bonds is 8. The third-order valence-electron chi connectivity index (χ3n) is 7.09. The summed E-state index contributed by atoms with van der Waals surface area (Å²) in [5.74, 6) is 0. The van der Waals surface area contributed by atoms with Crippen molar-refractivity contribution in [2.24, 2.45) is 5.41 Å². The molecule has 0 unspecified atom stereocenters. The summed E-state index contributed by atoms with van der Waals surface area (Å²) >= 11 is 3.60. The maximum Gasteiger partial charge on any atom is 0.0998 e. The SMILES string of the molecule is CN(CC(C)(C)OCCC(C)(C)C)c1cc2c(s1)-c1sc(/C=C(\C#N)c3ccc(C#N)cc3)cc1C2(C)C. The molecule has 0 saturated carbocycles. The summed E-state index contributed by atoms with van der Waals surface area (Å²) in [6, 6.07) is 16.3. The molecule has 0 spiro atoms. The molecule has 1 aromatic carbocycles. The summed E-state index contributed by atoms with van der Waals surface area (Å²) in [6.07, 6.45) is 3.01. The Hall–Kier alpha value is -2.90. The van der Waals surface area contributed by atoms with Crippen LogP contribution in [0.2, 0.25) is 0 Å². The number of fused-ring (bicyclic) bond motifs is 3. The molecular weight excluding hydrogens is 507 g/mol. The van der Waals surface area contributed by atoms with Gasteiger partial charge in [-0.2, -0.15) is 10.5 Å². The standard InChI is InChI=1S/C32H37N3OS2/c1-30(2,3)13-14-36-31(4,5)20-35(8)27-17-26-29(38-27)28-25(32(26,6)7)16-24(37-28)15-23(19-34)22-11-9-21(18-33)10-12-22/h9-12,15-17H,13-14,20H2,1-8H3/b23-15+. The van der Waals surface area contributed by atoms with Gasteiger partial charge in [0.05, 0.1) is 38.8 Å². The van der Waals surface area contributed by atoms with Crippen LogP contribution in [0.3, 0.4) is 0 Å². The number of hydrogen-bond donors (Lipinski definition) is 0. The van der Waals surface area contributed by atoms with Crippen molar-refractivity contribution in [1.29, 1.82) is 10.5 Å². The van der Waals surface area contributed by atoms with E-state index in [1.54, 1.807) is 23.5 Å². The quantitative estimate of drug-likeness (QED) is 0.267. The molecule has 4 nitrogen and oxygen atoms in total. The van der Waals surface area contributed by atoms with Crippen molar-refractivity contribution in [1.82, 2.24) is 0 Å². The number of ether oxygens (including phenoxy) is 1. The molecule has 0 fully saturated rings. The normalized spacial score (nSPS) is 14.5. The smallest absolute Gasteiger partial charge is 0.0998 e. The van der Waals surface area contributed by atoms with Gasteiger partial charge in [-0.25, -0.2) is 0 Å². The highest BCUT2D eigenvalue weighted by Crippen LogP contribution is 2.57. The maximum absolute atomic E-state index is 9.83. The van der Waals surface area contributed by atoms with Gasteiger partial charge in [0.2, 0.25) is 0 Å². The number of anilines is 1. The maximum atomic E-state index is 9.83. The fraction of sp³-hybridized carbons (Fsp3) is 0.438. The van der Waals surface area contributed by atoms with Crippen molar-refractivity contribution in [2.45, 2.75) is 65.9 Å². The monoisotopic (exact) mass is 543 g/mol. The molecule has 2 heterocycles. The van der Waals surface area contributed by atoms with E-state index >= 15 is 0 Å². The topological polar surface area (TPSA) is 60.0 Å². The molecule has 6 heteroatoms.